The molecule has 0 aliphatic rings. The number of aromatic amines is 1. The van der Waals surface area contributed by atoms with E-state index >= 15 is 0 Å². The molecular weight excluding hydrogens is 281 g/mol. The van der Waals surface area contributed by atoms with Crippen molar-refractivity contribution < 1.29 is 18.0 Å². The molecular formula is C11H9F3N2O2S. The first kappa shape index (κ1) is 13.6. The molecule has 1 aromatic carbocycles. The van der Waals surface area contributed by atoms with Gasteiger partial charge in [0.2, 0.25) is 0 Å². The van der Waals surface area contributed by atoms with E-state index in [9.17, 15) is 22.8 Å². The number of rotatable bonds is 3. The lowest BCUT2D eigenvalue weighted by atomic mass is 10.1. The molecule has 102 valence electrons. The predicted octanol–water partition coefficient (Wildman–Crippen LogP) is 1.81. The zero-order valence-corrected chi connectivity index (χ0v) is 10.3. The number of benzene rings is 1. The van der Waals surface area contributed by atoms with Gasteiger partial charge in [0, 0.05) is 6.54 Å². The molecule has 1 heterocycles. The summed E-state index contributed by atoms with van der Waals surface area (Å²) < 4.78 is 36.6. The minimum absolute atomic E-state index is 0.135. The predicted molar refractivity (Wildman–Crippen MR) is 65.2 cm³/mol. The van der Waals surface area contributed by atoms with E-state index in [2.05, 4.69) is 4.98 Å². The molecule has 0 spiro atoms. The topological polar surface area (TPSA) is 62.0 Å². The maximum atomic E-state index is 12.0. The van der Waals surface area contributed by atoms with Gasteiger partial charge in [-0.15, -0.1) is 0 Å². The summed E-state index contributed by atoms with van der Waals surface area (Å²) in [6.07, 6.45) is -4.64. The molecule has 1 amide bonds. The van der Waals surface area contributed by atoms with E-state index in [-0.39, 0.29) is 17.8 Å². The molecule has 0 radical (unpaired) electrons. The highest BCUT2D eigenvalue weighted by Gasteiger charge is 2.38. The first-order chi connectivity index (χ1) is 8.88. The van der Waals surface area contributed by atoms with Gasteiger partial charge in [-0.25, -0.2) is 0 Å². The van der Waals surface area contributed by atoms with E-state index in [0.717, 1.165) is 16.9 Å². The van der Waals surface area contributed by atoms with Crippen LogP contribution < -0.4 is 10.2 Å². The smallest absolute Gasteiger partial charge is 0.348 e. The molecule has 2 rings (SSSR count). The number of nitrogens with one attached hydrogen (secondary N) is 2. The monoisotopic (exact) mass is 290 g/mol. The summed E-state index contributed by atoms with van der Waals surface area (Å²) in [4.78, 5) is 24.2. The van der Waals surface area contributed by atoms with Crippen LogP contribution in [-0.4, -0.2) is 23.6 Å². The van der Waals surface area contributed by atoms with Gasteiger partial charge in [0.25, 0.3) is 0 Å². The Bertz CT molecular complexity index is 660. The second-order valence-corrected chi connectivity index (χ2v) is 4.80. The van der Waals surface area contributed by atoms with Crippen molar-refractivity contribution in [3.8, 4) is 0 Å². The standard InChI is InChI=1S/C11H9F3N2O2S/c12-11(13,14)9(17)15-5-4-6-2-1-3-7-8(6)19-10(18)16-7/h1-3H,4-5H2,(H,15,17)(H,16,18). The average molecular weight is 290 g/mol. The molecule has 0 aliphatic heterocycles. The highest BCUT2D eigenvalue weighted by Crippen LogP contribution is 2.20. The van der Waals surface area contributed by atoms with Crippen LogP contribution in [0.1, 0.15) is 5.56 Å². The molecule has 2 N–H and O–H groups in total. The first-order valence-electron chi connectivity index (χ1n) is 5.33. The molecule has 0 atom stereocenters. The van der Waals surface area contributed by atoms with Crippen LogP contribution in [0.15, 0.2) is 23.0 Å². The van der Waals surface area contributed by atoms with Crippen molar-refractivity contribution in [2.75, 3.05) is 6.54 Å². The number of aromatic nitrogens is 1. The summed E-state index contributed by atoms with van der Waals surface area (Å²) in [5, 5.41) is 1.79. The number of amides is 1. The number of halogens is 3. The van der Waals surface area contributed by atoms with Crippen molar-refractivity contribution in [3.05, 3.63) is 33.4 Å². The van der Waals surface area contributed by atoms with Crippen LogP contribution in [-0.2, 0) is 11.2 Å². The molecule has 0 fully saturated rings. The highest BCUT2D eigenvalue weighted by atomic mass is 32.1. The normalized spacial score (nSPS) is 11.7. The van der Waals surface area contributed by atoms with E-state index in [4.69, 9.17) is 0 Å². The van der Waals surface area contributed by atoms with E-state index in [0.29, 0.717) is 10.2 Å². The van der Waals surface area contributed by atoms with Gasteiger partial charge in [0.1, 0.15) is 0 Å². The van der Waals surface area contributed by atoms with Crippen LogP contribution in [0.25, 0.3) is 10.2 Å². The van der Waals surface area contributed by atoms with Gasteiger partial charge in [-0.05, 0) is 18.1 Å². The third-order valence-corrected chi connectivity index (χ3v) is 3.44. The Morgan fingerprint density at radius 2 is 2.11 bits per heavy atom. The lowest BCUT2D eigenvalue weighted by Gasteiger charge is -2.08. The van der Waals surface area contributed by atoms with Crippen molar-refractivity contribution in [2.45, 2.75) is 12.6 Å². The van der Waals surface area contributed by atoms with Crippen molar-refractivity contribution in [2.24, 2.45) is 0 Å². The van der Waals surface area contributed by atoms with Gasteiger partial charge in [0.15, 0.2) is 0 Å². The Hall–Kier alpha value is -1.83. The zero-order valence-electron chi connectivity index (χ0n) is 9.50. The number of H-pyrrole nitrogens is 1. The Morgan fingerprint density at radius 1 is 1.37 bits per heavy atom. The Kier molecular flexibility index (Phi) is 3.61. The van der Waals surface area contributed by atoms with Crippen LogP contribution in [0.3, 0.4) is 0 Å². The maximum absolute atomic E-state index is 12.0. The number of hydrogen-bond donors (Lipinski definition) is 2. The summed E-state index contributed by atoms with van der Waals surface area (Å²) >= 11 is 0.997. The van der Waals surface area contributed by atoms with E-state index in [1.165, 1.54) is 0 Å². The van der Waals surface area contributed by atoms with Crippen LogP contribution in [0, 0.1) is 0 Å². The fourth-order valence-corrected chi connectivity index (χ4v) is 2.52. The molecule has 0 saturated heterocycles. The van der Waals surface area contributed by atoms with E-state index < -0.39 is 12.1 Å². The molecule has 0 saturated carbocycles. The summed E-state index contributed by atoms with van der Waals surface area (Å²) in [6.45, 7) is -0.135. The molecule has 1 aromatic heterocycles. The van der Waals surface area contributed by atoms with Crippen LogP contribution >= 0.6 is 11.3 Å². The number of fused-ring (bicyclic) bond motifs is 1. The van der Waals surface area contributed by atoms with Crippen LogP contribution in [0.2, 0.25) is 0 Å². The van der Waals surface area contributed by atoms with Gasteiger partial charge >= 0.3 is 17.0 Å². The quantitative estimate of drug-likeness (QED) is 0.905. The summed E-state index contributed by atoms with van der Waals surface area (Å²) in [6, 6.07) is 5.13. The number of hydrogen-bond acceptors (Lipinski definition) is 3. The van der Waals surface area contributed by atoms with Gasteiger partial charge in [-0.1, -0.05) is 23.5 Å². The molecule has 2 aromatic rings. The van der Waals surface area contributed by atoms with Gasteiger partial charge in [0.05, 0.1) is 10.2 Å². The molecule has 19 heavy (non-hydrogen) atoms. The Morgan fingerprint density at radius 3 is 2.79 bits per heavy atom. The summed E-state index contributed by atoms with van der Waals surface area (Å²) in [7, 11) is 0. The summed E-state index contributed by atoms with van der Waals surface area (Å²) in [5.74, 6) is -1.96. The average Bonchev–Trinajstić information content (AvgIpc) is 2.68. The first-order valence-corrected chi connectivity index (χ1v) is 6.15. The molecule has 8 heteroatoms. The van der Waals surface area contributed by atoms with Crippen LogP contribution in [0.4, 0.5) is 13.2 Å². The second-order valence-electron chi connectivity index (χ2n) is 3.81. The van der Waals surface area contributed by atoms with Crippen molar-refractivity contribution in [3.63, 3.8) is 0 Å². The lowest BCUT2D eigenvalue weighted by molar-refractivity contribution is -0.173. The molecule has 4 nitrogen and oxygen atoms in total. The Labute approximate surface area is 109 Å². The summed E-state index contributed by atoms with van der Waals surface area (Å²) in [5.41, 5.74) is 1.37. The molecule has 0 bridgehead atoms. The fourth-order valence-electron chi connectivity index (χ4n) is 1.64. The number of carbonyl (C=O) groups is 1. The zero-order chi connectivity index (χ0) is 14.0. The van der Waals surface area contributed by atoms with Gasteiger partial charge in [-0.2, -0.15) is 13.2 Å². The largest absolute Gasteiger partial charge is 0.471 e. The number of thiazole rings is 1. The van der Waals surface area contributed by atoms with Crippen molar-refractivity contribution in [1.29, 1.82) is 0 Å². The minimum atomic E-state index is -4.87. The molecule has 0 unspecified atom stereocenters. The van der Waals surface area contributed by atoms with Gasteiger partial charge in [-0.3, -0.25) is 9.59 Å². The fraction of sp³-hybridized carbons (Fsp3) is 0.273. The number of alkyl halides is 3. The third kappa shape index (κ3) is 3.14. The van der Waals surface area contributed by atoms with Crippen molar-refractivity contribution >= 4 is 27.5 Å². The van der Waals surface area contributed by atoms with Gasteiger partial charge < -0.3 is 10.3 Å². The highest BCUT2D eigenvalue weighted by molar-refractivity contribution is 7.16. The van der Waals surface area contributed by atoms with E-state index in [1.54, 1.807) is 23.5 Å². The number of carbonyl (C=O) groups excluding carboxylic acids is 1. The maximum Gasteiger partial charge on any atom is 0.471 e. The minimum Gasteiger partial charge on any atom is -0.348 e. The van der Waals surface area contributed by atoms with Crippen LogP contribution in [0.5, 0.6) is 0 Å². The SMILES string of the molecule is O=C(NCCc1cccc2[nH]c(=O)sc12)C(F)(F)F. The second kappa shape index (κ2) is 5.04. The molecule has 0 aliphatic carbocycles. The lowest BCUT2D eigenvalue weighted by Crippen LogP contribution is -2.37. The Balaban J connectivity index is 2.06. The van der Waals surface area contributed by atoms with Crippen molar-refractivity contribution in [1.82, 2.24) is 10.3 Å². The van der Waals surface area contributed by atoms with E-state index in [1.807, 2.05) is 0 Å². The third-order valence-electron chi connectivity index (χ3n) is 2.47.